The third-order valence-electron chi connectivity index (χ3n) is 1.85. The van der Waals surface area contributed by atoms with Gasteiger partial charge in [0, 0.05) is 6.61 Å². The molecule has 0 spiro atoms. The molecule has 0 saturated carbocycles. The van der Waals surface area contributed by atoms with Gasteiger partial charge in [0.25, 0.3) is 0 Å². The molecule has 1 rings (SSSR count). The van der Waals surface area contributed by atoms with Crippen LogP contribution in [-0.2, 0) is 9.47 Å². The highest BCUT2D eigenvalue weighted by molar-refractivity contribution is 5.11. The van der Waals surface area contributed by atoms with Gasteiger partial charge >= 0.3 is 0 Å². The molecule has 5 nitrogen and oxygen atoms in total. The van der Waals surface area contributed by atoms with E-state index in [0.29, 0.717) is 6.61 Å². The molecule has 0 bridgehead atoms. The molecule has 5 heteroatoms. The zero-order valence-electron chi connectivity index (χ0n) is 7.60. The van der Waals surface area contributed by atoms with E-state index in [4.69, 9.17) is 9.47 Å². The van der Waals surface area contributed by atoms with E-state index in [0.717, 1.165) is 0 Å². The van der Waals surface area contributed by atoms with E-state index in [9.17, 15) is 15.3 Å². The van der Waals surface area contributed by atoms with Crippen LogP contribution in [0.3, 0.4) is 0 Å². The van der Waals surface area contributed by atoms with Crippen molar-refractivity contribution < 1.29 is 24.8 Å². The lowest BCUT2D eigenvalue weighted by molar-refractivity contribution is -0.219. The number of hydrogen-bond donors (Lipinski definition) is 3. The zero-order valence-corrected chi connectivity index (χ0v) is 7.60. The van der Waals surface area contributed by atoms with Crippen LogP contribution in [0.15, 0.2) is 11.5 Å². The van der Waals surface area contributed by atoms with Crippen LogP contribution in [-0.4, -0.2) is 40.4 Å². The van der Waals surface area contributed by atoms with Crippen LogP contribution in [0.1, 0.15) is 13.8 Å². The lowest BCUT2D eigenvalue weighted by Crippen LogP contribution is -2.41. The van der Waals surface area contributed by atoms with E-state index >= 15 is 0 Å². The van der Waals surface area contributed by atoms with E-state index < -0.39 is 24.3 Å². The molecule has 76 valence electrons. The van der Waals surface area contributed by atoms with Crippen molar-refractivity contribution in [2.45, 2.75) is 32.3 Å². The van der Waals surface area contributed by atoms with Gasteiger partial charge in [-0.1, -0.05) is 0 Å². The van der Waals surface area contributed by atoms with Gasteiger partial charge in [-0.05, 0) is 13.8 Å². The normalized spacial score (nSPS) is 35.2. The molecule has 1 aliphatic heterocycles. The van der Waals surface area contributed by atoms with Gasteiger partial charge in [0.1, 0.15) is 6.10 Å². The fourth-order valence-corrected chi connectivity index (χ4v) is 1.12. The van der Waals surface area contributed by atoms with E-state index in [1.54, 1.807) is 13.8 Å². The van der Waals surface area contributed by atoms with Crippen molar-refractivity contribution in [2.75, 3.05) is 6.61 Å². The summed E-state index contributed by atoms with van der Waals surface area (Å²) in [5, 5.41) is 27.8. The van der Waals surface area contributed by atoms with E-state index in [2.05, 4.69) is 0 Å². The second-order valence-electron chi connectivity index (χ2n) is 2.82. The first-order valence-corrected chi connectivity index (χ1v) is 4.15. The second kappa shape index (κ2) is 3.95. The molecule has 0 aromatic heterocycles. The Bertz CT molecular complexity index is 213. The van der Waals surface area contributed by atoms with Crippen LogP contribution in [0.25, 0.3) is 0 Å². The lowest BCUT2D eigenvalue weighted by atomic mass is 10.1. The van der Waals surface area contributed by atoms with Crippen LogP contribution in [0, 0.1) is 0 Å². The molecule has 3 atom stereocenters. The van der Waals surface area contributed by atoms with Crippen LogP contribution < -0.4 is 0 Å². The summed E-state index contributed by atoms with van der Waals surface area (Å²) < 4.78 is 10.1. The topological polar surface area (TPSA) is 79.2 Å². The SMILES string of the molecule is CCO[C@@H]1OC(C)C(O)=C(O)C1O. The Labute approximate surface area is 76.2 Å². The summed E-state index contributed by atoms with van der Waals surface area (Å²) >= 11 is 0. The fraction of sp³-hybridized carbons (Fsp3) is 0.750. The monoisotopic (exact) mass is 190 g/mol. The Morgan fingerprint density at radius 3 is 2.54 bits per heavy atom. The highest BCUT2D eigenvalue weighted by Gasteiger charge is 2.35. The average molecular weight is 190 g/mol. The Balaban J connectivity index is 2.76. The Morgan fingerprint density at radius 2 is 2.00 bits per heavy atom. The molecule has 0 radical (unpaired) electrons. The molecule has 1 aliphatic rings. The quantitative estimate of drug-likeness (QED) is 0.589. The van der Waals surface area contributed by atoms with Crippen molar-refractivity contribution in [3.63, 3.8) is 0 Å². The predicted molar refractivity (Wildman–Crippen MR) is 44.3 cm³/mol. The lowest BCUT2D eigenvalue weighted by Gasteiger charge is -2.30. The molecule has 13 heavy (non-hydrogen) atoms. The number of aliphatic hydroxyl groups is 3. The number of rotatable bonds is 2. The summed E-state index contributed by atoms with van der Waals surface area (Å²) in [4.78, 5) is 0. The minimum atomic E-state index is -1.31. The van der Waals surface area contributed by atoms with Gasteiger partial charge in [-0.2, -0.15) is 0 Å². The third-order valence-corrected chi connectivity index (χ3v) is 1.85. The van der Waals surface area contributed by atoms with Gasteiger partial charge < -0.3 is 24.8 Å². The molecule has 2 unspecified atom stereocenters. The van der Waals surface area contributed by atoms with Gasteiger partial charge in [0.2, 0.25) is 0 Å². The smallest absolute Gasteiger partial charge is 0.191 e. The number of ether oxygens (including phenoxy) is 2. The maximum Gasteiger partial charge on any atom is 0.191 e. The number of aliphatic hydroxyl groups excluding tert-OH is 3. The molecule has 0 saturated heterocycles. The third kappa shape index (κ3) is 1.93. The van der Waals surface area contributed by atoms with Gasteiger partial charge in [-0.3, -0.25) is 0 Å². The van der Waals surface area contributed by atoms with E-state index in [1.807, 2.05) is 0 Å². The highest BCUT2D eigenvalue weighted by atomic mass is 16.7. The summed E-state index contributed by atoms with van der Waals surface area (Å²) in [6.45, 7) is 3.67. The maximum absolute atomic E-state index is 9.34. The van der Waals surface area contributed by atoms with Crippen LogP contribution in [0.4, 0.5) is 0 Å². The summed E-state index contributed by atoms with van der Waals surface area (Å²) in [5.41, 5.74) is 0. The van der Waals surface area contributed by atoms with Crippen molar-refractivity contribution in [3.05, 3.63) is 11.5 Å². The first-order chi connectivity index (χ1) is 6.07. The Morgan fingerprint density at radius 1 is 1.38 bits per heavy atom. The van der Waals surface area contributed by atoms with Crippen LogP contribution in [0.5, 0.6) is 0 Å². The summed E-state index contributed by atoms with van der Waals surface area (Å²) in [7, 11) is 0. The second-order valence-corrected chi connectivity index (χ2v) is 2.82. The molecule has 0 aromatic carbocycles. The molecular formula is C8H14O5. The molecule has 0 amide bonds. The first kappa shape index (κ1) is 10.3. The number of hydrogen-bond acceptors (Lipinski definition) is 5. The zero-order chi connectivity index (χ0) is 10.0. The summed E-state index contributed by atoms with van der Waals surface area (Å²) in [5.74, 6) is -0.819. The summed E-state index contributed by atoms with van der Waals surface area (Å²) in [6.07, 6.45) is -2.87. The van der Waals surface area contributed by atoms with Crippen molar-refractivity contribution in [3.8, 4) is 0 Å². The minimum Gasteiger partial charge on any atom is -0.506 e. The van der Waals surface area contributed by atoms with Gasteiger partial charge in [0.15, 0.2) is 23.9 Å². The van der Waals surface area contributed by atoms with Crippen molar-refractivity contribution >= 4 is 0 Å². The minimum absolute atomic E-state index is 0.344. The molecular weight excluding hydrogens is 176 g/mol. The molecule has 0 fully saturated rings. The van der Waals surface area contributed by atoms with E-state index in [1.165, 1.54) is 0 Å². The van der Waals surface area contributed by atoms with E-state index in [-0.39, 0.29) is 5.76 Å². The Kier molecular flexibility index (Phi) is 3.13. The van der Waals surface area contributed by atoms with Crippen molar-refractivity contribution in [1.82, 2.24) is 0 Å². The average Bonchev–Trinajstić information content (AvgIpc) is 2.11. The van der Waals surface area contributed by atoms with Crippen LogP contribution in [0.2, 0.25) is 0 Å². The van der Waals surface area contributed by atoms with Gasteiger partial charge in [-0.25, -0.2) is 0 Å². The van der Waals surface area contributed by atoms with Gasteiger partial charge in [0.05, 0.1) is 0 Å². The van der Waals surface area contributed by atoms with Crippen LogP contribution >= 0.6 is 0 Å². The highest BCUT2D eigenvalue weighted by Crippen LogP contribution is 2.23. The largest absolute Gasteiger partial charge is 0.506 e. The first-order valence-electron chi connectivity index (χ1n) is 4.15. The van der Waals surface area contributed by atoms with Crippen molar-refractivity contribution in [1.29, 1.82) is 0 Å². The maximum atomic E-state index is 9.34. The molecule has 1 heterocycles. The molecule has 0 aromatic rings. The van der Waals surface area contributed by atoms with Gasteiger partial charge in [-0.15, -0.1) is 0 Å². The fourth-order valence-electron chi connectivity index (χ4n) is 1.12. The molecule has 0 aliphatic carbocycles. The molecule has 3 N–H and O–H groups in total. The summed E-state index contributed by atoms with van der Waals surface area (Å²) in [6, 6.07) is 0. The Hall–Kier alpha value is -0.780. The predicted octanol–water partition coefficient (Wildman–Crippen LogP) is 0.456. The van der Waals surface area contributed by atoms with Crippen molar-refractivity contribution in [2.24, 2.45) is 0 Å². The standard InChI is InChI=1S/C8H14O5/c1-3-12-8-7(11)6(10)5(9)4(2)13-8/h4,7-11H,3H2,1-2H3/t4?,7?,8-/m1/s1.